The van der Waals surface area contributed by atoms with E-state index in [4.69, 9.17) is 14.6 Å². The Balaban J connectivity index is 1.25. The maximum atomic E-state index is 13.6. The molecule has 1 fully saturated rings. The van der Waals surface area contributed by atoms with Gasteiger partial charge in [0.05, 0.1) is 19.3 Å². The molecule has 1 aliphatic heterocycles. The van der Waals surface area contributed by atoms with Gasteiger partial charge in [-0.1, -0.05) is 78.9 Å². The summed E-state index contributed by atoms with van der Waals surface area (Å²) in [6.45, 7) is 3.71. The number of fused-ring (bicyclic) bond motifs is 3. The van der Waals surface area contributed by atoms with Gasteiger partial charge in [-0.2, -0.15) is 0 Å². The van der Waals surface area contributed by atoms with Crippen molar-refractivity contribution in [3.05, 3.63) is 95.6 Å². The van der Waals surface area contributed by atoms with Crippen LogP contribution >= 0.6 is 0 Å². The van der Waals surface area contributed by atoms with Crippen LogP contribution in [-0.4, -0.2) is 84.4 Å². The first-order chi connectivity index (χ1) is 19.9. The van der Waals surface area contributed by atoms with Gasteiger partial charge in [-0.05, 0) is 34.7 Å². The molecule has 3 aromatic carbocycles. The first kappa shape index (κ1) is 28.3. The molecular weight excluding hydrogens is 522 g/mol. The molecule has 0 saturated carbocycles. The van der Waals surface area contributed by atoms with E-state index in [1.165, 1.54) is 0 Å². The number of amides is 2. The van der Waals surface area contributed by atoms with Crippen molar-refractivity contribution >= 4 is 18.0 Å². The number of carbonyl (C=O) groups is 3. The lowest BCUT2D eigenvalue weighted by Crippen LogP contribution is -2.58. The number of carbonyl (C=O) groups excluding carboxylic acids is 2. The molecule has 2 aliphatic rings. The van der Waals surface area contributed by atoms with Gasteiger partial charge in [0.25, 0.3) is 0 Å². The fourth-order valence-corrected chi connectivity index (χ4v) is 5.56. The van der Waals surface area contributed by atoms with E-state index < -0.39 is 24.2 Å². The van der Waals surface area contributed by atoms with Crippen molar-refractivity contribution in [2.24, 2.45) is 0 Å². The molecule has 0 aromatic heterocycles. The SMILES string of the molecule is CC(OCc1ccccc1)C(NC(=O)OCC1c2ccccc2-c2ccccc21)C(=O)N1CCN(CC(=O)O)CC1. The normalized spacial score (nSPS) is 16.4. The van der Waals surface area contributed by atoms with Gasteiger partial charge in [-0.3, -0.25) is 14.5 Å². The molecule has 41 heavy (non-hydrogen) atoms. The van der Waals surface area contributed by atoms with E-state index in [9.17, 15) is 14.4 Å². The first-order valence-electron chi connectivity index (χ1n) is 13.9. The topological polar surface area (TPSA) is 108 Å². The van der Waals surface area contributed by atoms with Crippen LogP contribution in [0, 0.1) is 0 Å². The second kappa shape index (κ2) is 13.0. The summed E-state index contributed by atoms with van der Waals surface area (Å²) >= 11 is 0. The van der Waals surface area contributed by atoms with Crippen LogP contribution in [0.15, 0.2) is 78.9 Å². The number of nitrogens with one attached hydrogen (secondary N) is 1. The summed E-state index contributed by atoms with van der Waals surface area (Å²) in [4.78, 5) is 41.3. The Hall–Kier alpha value is -4.21. The van der Waals surface area contributed by atoms with Gasteiger partial charge in [0, 0.05) is 32.1 Å². The summed E-state index contributed by atoms with van der Waals surface area (Å²) < 4.78 is 11.8. The second-order valence-corrected chi connectivity index (χ2v) is 10.4. The molecule has 0 bridgehead atoms. The van der Waals surface area contributed by atoms with Crippen molar-refractivity contribution in [1.29, 1.82) is 0 Å². The minimum absolute atomic E-state index is 0.0694. The number of carboxylic acid groups (broad SMARTS) is 1. The summed E-state index contributed by atoms with van der Waals surface area (Å²) in [6, 6.07) is 24.9. The van der Waals surface area contributed by atoms with Crippen molar-refractivity contribution in [1.82, 2.24) is 15.1 Å². The lowest BCUT2D eigenvalue weighted by atomic mass is 9.98. The highest BCUT2D eigenvalue weighted by atomic mass is 16.5. The number of carboxylic acids is 1. The van der Waals surface area contributed by atoms with Crippen molar-refractivity contribution in [2.45, 2.75) is 31.6 Å². The average Bonchev–Trinajstić information content (AvgIpc) is 3.31. The Morgan fingerprint density at radius 1 is 0.878 bits per heavy atom. The number of rotatable bonds is 10. The number of hydrogen-bond donors (Lipinski definition) is 2. The number of hydrogen-bond acceptors (Lipinski definition) is 6. The van der Waals surface area contributed by atoms with Gasteiger partial charge in [0.2, 0.25) is 5.91 Å². The largest absolute Gasteiger partial charge is 0.480 e. The van der Waals surface area contributed by atoms with Crippen LogP contribution in [0.4, 0.5) is 4.79 Å². The molecule has 0 radical (unpaired) electrons. The third kappa shape index (κ3) is 6.75. The van der Waals surface area contributed by atoms with Gasteiger partial charge < -0.3 is 24.8 Å². The quantitative estimate of drug-likeness (QED) is 0.391. The molecule has 1 aliphatic carbocycles. The molecule has 9 heteroatoms. The third-order valence-electron chi connectivity index (χ3n) is 7.75. The van der Waals surface area contributed by atoms with Crippen molar-refractivity contribution < 1.29 is 29.0 Å². The summed E-state index contributed by atoms with van der Waals surface area (Å²) in [7, 11) is 0. The summed E-state index contributed by atoms with van der Waals surface area (Å²) in [6.07, 6.45) is -1.33. The van der Waals surface area contributed by atoms with E-state index in [1.807, 2.05) is 54.6 Å². The molecule has 3 aromatic rings. The first-order valence-corrected chi connectivity index (χ1v) is 13.9. The zero-order valence-corrected chi connectivity index (χ0v) is 23.1. The zero-order valence-electron chi connectivity index (χ0n) is 23.1. The molecule has 5 rings (SSSR count). The third-order valence-corrected chi connectivity index (χ3v) is 7.75. The van der Waals surface area contributed by atoms with Crippen LogP contribution < -0.4 is 5.32 Å². The standard InChI is InChI=1S/C32H35N3O6/c1-22(40-20-23-9-3-2-4-10-23)30(31(38)35-17-15-34(16-18-35)19-29(36)37)33-32(39)41-21-28-26-13-7-5-11-24(26)25-12-6-8-14-27(25)28/h2-14,22,28,30H,15-21H2,1H3,(H,33,39)(H,36,37). The molecule has 2 amide bonds. The van der Waals surface area contributed by atoms with Gasteiger partial charge in [0.1, 0.15) is 12.6 Å². The maximum absolute atomic E-state index is 13.6. The van der Waals surface area contributed by atoms with Crippen molar-refractivity contribution in [3.8, 4) is 11.1 Å². The van der Waals surface area contributed by atoms with Crippen LogP contribution in [0.1, 0.15) is 29.5 Å². The Morgan fingerprint density at radius 3 is 2.07 bits per heavy atom. The van der Waals surface area contributed by atoms with Gasteiger partial charge in [-0.25, -0.2) is 4.79 Å². The van der Waals surface area contributed by atoms with E-state index in [-0.39, 0.29) is 31.6 Å². The molecule has 2 atom stereocenters. The molecule has 1 saturated heterocycles. The second-order valence-electron chi connectivity index (χ2n) is 10.4. The summed E-state index contributed by atoms with van der Waals surface area (Å²) in [5.74, 6) is -1.28. The minimum Gasteiger partial charge on any atom is -0.480 e. The van der Waals surface area contributed by atoms with E-state index >= 15 is 0 Å². The molecule has 9 nitrogen and oxygen atoms in total. The maximum Gasteiger partial charge on any atom is 0.407 e. The summed E-state index contributed by atoms with van der Waals surface area (Å²) in [5, 5.41) is 11.9. The lowest BCUT2D eigenvalue weighted by molar-refractivity contribution is -0.141. The number of alkyl carbamates (subject to hydrolysis) is 1. The molecular formula is C32H35N3O6. The Kier molecular flexibility index (Phi) is 8.96. The Morgan fingerprint density at radius 2 is 1.46 bits per heavy atom. The Labute approximate surface area is 239 Å². The van der Waals surface area contributed by atoms with Gasteiger partial charge >= 0.3 is 12.1 Å². The number of aliphatic carboxylic acids is 1. The molecule has 1 heterocycles. The predicted molar refractivity (Wildman–Crippen MR) is 153 cm³/mol. The van der Waals surface area contributed by atoms with Gasteiger partial charge in [-0.15, -0.1) is 0 Å². The van der Waals surface area contributed by atoms with E-state index in [1.54, 1.807) is 16.7 Å². The number of piperazine rings is 1. The fraction of sp³-hybridized carbons (Fsp3) is 0.344. The van der Waals surface area contributed by atoms with Gasteiger partial charge in [0.15, 0.2) is 0 Å². The van der Waals surface area contributed by atoms with Crippen LogP contribution in [0.25, 0.3) is 11.1 Å². The number of benzene rings is 3. The average molecular weight is 558 g/mol. The van der Waals surface area contributed by atoms with E-state index in [2.05, 4.69) is 29.6 Å². The Bertz CT molecular complexity index is 1330. The van der Waals surface area contributed by atoms with Crippen LogP contribution in [0.2, 0.25) is 0 Å². The van der Waals surface area contributed by atoms with Crippen LogP contribution in [0.3, 0.4) is 0 Å². The highest BCUT2D eigenvalue weighted by Crippen LogP contribution is 2.44. The molecule has 214 valence electrons. The minimum atomic E-state index is -0.972. The highest BCUT2D eigenvalue weighted by Gasteiger charge is 2.35. The zero-order chi connectivity index (χ0) is 28.8. The van der Waals surface area contributed by atoms with E-state index in [0.29, 0.717) is 26.2 Å². The van der Waals surface area contributed by atoms with Crippen molar-refractivity contribution in [3.63, 3.8) is 0 Å². The highest BCUT2D eigenvalue weighted by molar-refractivity contribution is 5.86. The van der Waals surface area contributed by atoms with E-state index in [0.717, 1.165) is 27.8 Å². The van der Waals surface area contributed by atoms with Crippen LogP contribution in [0.5, 0.6) is 0 Å². The van der Waals surface area contributed by atoms with Crippen molar-refractivity contribution in [2.75, 3.05) is 39.3 Å². The fourth-order valence-electron chi connectivity index (χ4n) is 5.56. The summed E-state index contributed by atoms with van der Waals surface area (Å²) in [5.41, 5.74) is 5.43. The number of ether oxygens (including phenoxy) is 2. The molecule has 2 unspecified atom stereocenters. The lowest BCUT2D eigenvalue weighted by Gasteiger charge is -2.36. The smallest absolute Gasteiger partial charge is 0.407 e. The molecule has 2 N–H and O–H groups in total. The monoisotopic (exact) mass is 557 g/mol. The predicted octanol–water partition coefficient (Wildman–Crippen LogP) is 3.73. The number of nitrogens with zero attached hydrogens (tertiary/aromatic N) is 2. The molecule has 0 spiro atoms. The van der Waals surface area contributed by atoms with Crippen LogP contribution in [-0.2, 0) is 25.7 Å².